The quantitative estimate of drug-likeness (QED) is 0.119. The van der Waals surface area contributed by atoms with Crippen molar-refractivity contribution in [2.75, 3.05) is 11.9 Å². The topological polar surface area (TPSA) is 164 Å². The van der Waals surface area contributed by atoms with Gasteiger partial charge in [-0.3, -0.25) is 14.9 Å². The van der Waals surface area contributed by atoms with E-state index in [-0.39, 0.29) is 36.3 Å². The van der Waals surface area contributed by atoms with Crippen LogP contribution in [0.25, 0.3) is 22.3 Å². The van der Waals surface area contributed by atoms with Crippen molar-refractivity contribution in [3.63, 3.8) is 0 Å². The fourth-order valence-corrected chi connectivity index (χ4v) is 7.29. The number of cyclic esters (lactones) is 1. The zero-order valence-electron chi connectivity index (χ0n) is 31.1. The van der Waals surface area contributed by atoms with Gasteiger partial charge in [0.15, 0.2) is 0 Å². The fourth-order valence-electron chi connectivity index (χ4n) is 6.29. The number of carbonyl (C=O) groups excluding carboxylic acids is 4. The van der Waals surface area contributed by atoms with Crippen LogP contribution in [0.4, 0.5) is 15.3 Å². The molecular weight excluding hydrogens is 673 g/mol. The molecule has 4 heterocycles. The zero-order chi connectivity index (χ0) is 37.7. The number of ether oxygens (including phenoxy) is 4. The Labute approximate surface area is 298 Å². The summed E-state index contributed by atoms with van der Waals surface area (Å²) in [5.41, 5.74) is 0.938. The zero-order valence-corrected chi connectivity index (χ0v) is 32.1. The third-order valence-corrected chi connectivity index (χ3v) is 10.4. The Hall–Kier alpha value is -4.72. The van der Waals surface area contributed by atoms with Crippen molar-refractivity contribution in [3.8, 4) is 11.4 Å². The number of pyridine rings is 2. The second kappa shape index (κ2) is 13.4. The summed E-state index contributed by atoms with van der Waals surface area (Å²) in [4.78, 5) is 70.6. The molecule has 0 fully saturated rings. The Morgan fingerprint density at radius 2 is 1.65 bits per heavy atom. The number of aromatic nitrogens is 2. The van der Waals surface area contributed by atoms with Crippen molar-refractivity contribution >= 4 is 48.8 Å². The molecule has 13 nitrogen and oxygen atoms in total. The minimum Gasteiger partial charge on any atom is -0.457 e. The van der Waals surface area contributed by atoms with Gasteiger partial charge in [0, 0.05) is 30.3 Å². The molecule has 2 aliphatic rings. The smallest absolute Gasteiger partial charge is 0.412 e. The molecule has 1 unspecified atom stereocenters. The van der Waals surface area contributed by atoms with E-state index in [1.807, 2.05) is 12.1 Å². The lowest BCUT2D eigenvalue weighted by Gasteiger charge is -2.35. The first-order chi connectivity index (χ1) is 23.6. The molecule has 274 valence electrons. The maximum atomic E-state index is 14.2. The highest BCUT2D eigenvalue weighted by molar-refractivity contribution is 6.76. The number of nitrogens with one attached hydrogen (secondary N) is 2. The first-order valence-corrected chi connectivity index (χ1v) is 20.9. The molecule has 0 saturated heterocycles. The van der Waals surface area contributed by atoms with Gasteiger partial charge in [0.2, 0.25) is 5.60 Å². The molecule has 5 rings (SSSR count). The van der Waals surface area contributed by atoms with Gasteiger partial charge in [-0.05, 0) is 84.2 Å². The van der Waals surface area contributed by atoms with Crippen LogP contribution in [-0.2, 0) is 53.7 Å². The second-order valence-corrected chi connectivity index (χ2v) is 21.9. The Bertz CT molecular complexity index is 1990. The lowest BCUT2D eigenvalue weighted by atomic mass is 9.85. The number of nitrogens with zero attached hydrogens (tertiary/aromatic N) is 2. The van der Waals surface area contributed by atoms with Crippen LogP contribution in [0, 0.1) is 0 Å². The number of alkyl carbamates (subject to hydrolysis) is 1. The summed E-state index contributed by atoms with van der Waals surface area (Å²) in [7, 11) is -1.53. The Balaban J connectivity index is 1.58. The van der Waals surface area contributed by atoms with Crippen LogP contribution in [0.1, 0.15) is 77.1 Å². The van der Waals surface area contributed by atoms with Gasteiger partial charge >= 0.3 is 24.1 Å². The van der Waals surface area contributed by atoms with Crippen molar-refractivity contribution < 1.29 is 38.1 Å². The van der Waals surface area contributed by atoms with E-state index in [0.29, 0.717) is 22.6 Å². The average molecular weight is 721 g/mol. The molecule has 1 aromatic carbocycles. The van der Waals surface area contributed by atoms with Crippen LogP contribution < -0.4 is 16.2 Å². The number of benzene rings is 1. The van der Waals surface area contributed by atoms with Gasteiger partial charge in [0.05, 0.1) is 29.0 Å². The van der Waals surface area contributed by atoms with Gasteiger partial charge in [-0.2, -0.15) is 0 Å². The number of anilines is 1. The minimum absolute atomic E-state index is 0.0210. The molecule has 2 amide bonds. The Morgan fingerprint density at radius 3 is 2.27 bits per heavy atom. The lowest BCUT2D eigenvalue weighted by molar-refractivity contribution is -0.188. The molecule has 3 aromatic rings. The molecule has 0 spiro atoms. The van der Waals surface area contributed by atoms with Crippen molar-refractivity contribution in [2.45, 2.75) is 117 Å². The first-order valence-electron chi connectivity index (χ1n) is 17.2. The Kier molecular flexibility index (Phi) is 9.89. The minimum atomic E-state index is -1.92. The van der Waals surface area contributed by atoms with Crippen molar-refractivity contribution in [3.05, 3.63) is 56.9 Å². The van der Waals surface area contributed by atoms with Gasteiger partial charge in [0.1, 0.15) is 24.4 Å². The van der Waals surface area contributed by atoms with Crippen LogP contribution in [0.2, 0.25) is 25.7 Å². The van der Waals surface area contributed by atoms with Crippen LogP contribution in [0.3, 0.4) is 0 Å². The van der Waals surface area contributed by atoms with Crippen LogP contribution in [-0.4, -0.2) is 59.5 Å². The second-order valence-electron chi connectivity index (χ2n) is 16.2. The van der Waals surface area contributed by atoms with Gasteiger partial charge in [-0.1, -0.05) is 32.6 Å². The largest absolute Gasteiger partial charge is 0.457 e. The lowest BCUT2D eigenvalue weighted by Crippen LogP contribution is -2.49. The number of carbonyl (C=O) groups is 4. The first kappa shape index (κ1) is 37.5. The van der Waals surface area contributed by atoms with E-state index in [1.165, 1.54) is 0 Å². The van der Waals surface area contributed by atoms with E-state index in [0.717, 1.165) is 29.0 Å². The summed E-state index contributed by atoms with van der Waals surface area (Å²) in [6, 6.07) is 8.15. The molecule has 2 aliphatic heterocycles. The predicted molar refractivity (Wildman–Crippen MR) is 194 cm³/mol. The maximum absolute atomic E-state index is 14.2. The standard InChI is InChI=1S/C37H48N4O9Si/c1-11-37(48-29(42)18-38-33(45)49-35(2,3)4)26-17-28-30-24(19-41(28)31(43)25(26)20-47-32(37)44)22(14-15-51(8,9)10)23-16-21(12-13-27(23)40-30)39-34(46)50-36(5,6)7/h12-13,16-17H,11,14-15,18-20H2,1-10H3,(H,38,45)(H,39,46). The maximum Gasteiger partial charge on any atom is 0.412 e. The van der Waals surface area contributed by atoms with E-state index in [9.17, 15) is 24.0 Å². The van der Waals surface area contributed by atoms with Crippen LogP contribution in [0.15, 0.2) is 29.1 Å². The molecule has 14 heteroatoms. The summed E-state index contributed by atoms with van der Waals surface area (Å²) in [5.74, 6) is -1.71. The van der Waals surface area contributed by atoms with E-state index in [4.69, 9.17) is 23.9 Å². The van der Waals surface area contributed by atoms with Crippen molar-refractivity contribution in [1.29, 1.82) is 0 Å². The molecule has 51 heavy (non-hydrogen) atoms. The average Bonchev–Trinajstić information content (AvgIpc) is 3.36. The third-order valence-electron chi connectivity index (χ3n) is 8.61. The molecule has 1 atom stereocenters. The highest BCUT2D eigenvalue weighted by Gasteiger charge is 2.50. The Morgan fingerprint density at radius 1 is 0.980 bits per heavy atom. The van der Waals surface area contributed by atoms with Crippen LogP contribution in [0.5, 0.6) is 0 Å². The van der Waals surface area contributed by atoms with Gasteiger partial charge < -0.3 is 28.8 Å². The van der Waals surface area contributed by atoms with Gasteiger partial charge in [-0.25, -0.2) is 19.4 Å². The number of amides is 2. The highest BCUT2D eigenvalue weighted by Crippen LogP contribution is 2.42. The molecular formula is C37H48N4O9Si. The summed E-state index contributed by atoms with van der Waals surface area (Å²) in [6.07, 6.45) is -0.674. The molecule has 0 bridgehead atoms. The molecule has 2 aromatic heterocycles. The highest BCUT2D eigenvalue weighted by atomic mass is 28.3. The normalized spacial score (nSPS) is 16.8. The van der Waals surface area contributed by atoms with Gasteiger partial charge in [-0.15, -0.1) is 0 Å². The number of hydrogen-bond acceptors (Lipinski definition) is 10. The van der Waals surface area contributed by atoms with Crippen molar-refractivity contribution in [2.24, 2.45) is 0 Å². The van der Waals surface area contributed by atoms with Gasteiger partial charge in [0.25, 0.3) is 5.56 Å². The predicted octanol–water partition coefficient (Wildman–Crippen LogP) is 6.38. The number of rotatable bonds is 8. The molecule has 0 aliphatic carbocycles. The van der Waals surface area contributed by atoms with Crippen LogP contribution >= 0.6 is 0 Å². The number of aryl methyl sites for hydroxylation is 1. The van der Waals surface area contributed by atoms with E-state index < -0.39 is 55.5 Å². The SMILES string of the molecule is CCC1(OC(=O)CNC(=O)OC(C)(C)C)C(=O)OCc2c1cc1n(c2=O)Cc2c-1nc1ccc(NC(=O)OC(C)(C)C)cc1c2CC[Si](C)(C)C. The monoisotopic (exact) mass is 720 g/mol. The molecule has 0 radical (unpaired) electrons. The number of esters is 2. The fraction of sp³-hybridized carbons (Fsp3) is 0.514. The number of fused-ring (bicyclic) bond motifs is 5. The molecule has 2 N–H and O–H groups in total. The summed E-state index contributed by atoms with van der Waals surface area (Å²) in [6.45, 7) is 18.4. The summed E-state index contributed by atoms with van der Waals surface area (Å²) < 4.78 is 23.6. The number of hydrogen-bond donors (Lipinski definition) is 2. The summed E-state index contributed by atoms with van der Waals surface area (Å²) in [5, 5.41) is 6.04. The third kappa shape index (κ3) is 8.11. The molecule has 0 saturated carbocycles. The van der Waals surface area contributed by atoms with E-state index in [1.54, 1.807) is 65.2 Å². The van der Waals surface area contributed by atoms with E-state index in [2.05, 4.69) is 30.3 Å². The van der Waals surface area contributed by atoms with Crippen molar-refractivity contribution in [1.82, 2.24) is 14.9 Å². The van der Waals surface area contributed by atoms with E-state index >= 15 is 0 Å². The summed E-state index contributed by atoms with van der Waals surface area (Å²) >= 11 is 0.